The summed E-state index contributed by atoms with van der Waals surface area (Å²) in [4.78, 5) is 24.6. The smallest absolute Gasteiger partial charge is 0.303 e. The predicted molar refractivity (Wildman–Crippen MR) is 76.7 cm³/mol. The molecule has 1 amide bonds. The lowest BCUT2D eigenvalue weighted by Gasteiger charge is -2.21. The van der Waals surface area contributed by atoms with Crippen LogP contribution in [0.15, 0.2) is 24.3 Å². The first kappa shape index (κ1) is 15.3. The zero-order valence-corrected chi connectivity index (χ0v) is 11.7. The van der Waals surface area contributed by atoms with E-state index < -0.39 is 12.0 Å². The molecule has 1 aromatic carbocycles. The Morgan fingerprint density at radius 3 is 2.62 bits per heavy atom. The van der Waals surface area contributed by atoms with E-state index in [4.69, 9.17) is 10.8 Å². The Morgan fingerprint density at radius 2 is 2.00 bits per heavy atom. The first-order valence-corrected chi connectivity index (χ1v) is 6.99. The molecule has 6 heteroatoms. The molecule has 0 bridgehead atoms. The number of phenols is 1. The van der Waals surface area contributed by atoms with Crippen LogP contribution in [0.1, 0.15) is 18.4 Å². The number of carboxylic acid groups (broad SMARTS) is 1. The molecule has 0 saturated carbocycles. The van der Waals surface area contributed by atoms with Gasteiger partial charge in [0, 0.05) is 19.5 Å². The number of likely N-dealkylation sites (tertiary alicyclic amines) is 1. The SMILES string of the molecule is N[C@H](Cc1ccc(O)cc1)C(=O)N1CCC(CC(=O)O)C1. The average molecular weight is 292 g/mol. The van der Waals surface area contributed by atoms with Gasteiger partial charge in [-0.15, -0.1) is 0 Å². The van der Waals surface area contributed by atoms with Gasteiger partial charge in [0.1, 0.15) is 5.75 Å². The maximum Gasteiger partial charge on any atom is 0.303 e. The van der Waals surface area contributed by atoms with Gasteiger partial charge in [0.2, 0.25) is 5.91 Å². The van der Waals surface area contributed by atoms with Crippen LogP contribution in [0.2, 0.25) is 0 Å². The van der Waals surface area contributed by atoms with Crippen molar-refractivity contribution in [3.8, 4) is 5.75 Å². The summed E-state index contributed by atoms with van der Waals surface area (Å²) in [6.07, 6.45) is 1.21. The number of carbonyl (C=O) groups excluding carboxylic acids is 1. The first-order valence-electron chi connectivity index (χ1n) is 6.99. The molecule has 0 aromatic heterocycles. The van der Waals surface area contributed by atoms with Crippen molar-refractivity contribution >= 4 is 11.9 Å². The summed E-state index contributed by atoms with van der Waals surface area (Å²) in [6, 6.07) is 5.95. The molecular weight excluding hydrogens is 272 g/mol. The number of nitrogens with zero attached hydrogens (tertiary/aromatic N) is 1. The minimum Gasteiger partial charge on any atom is -0.508 e. The van der Waals surface area contributed by atoms with Crippen molar-refractivity contribution in [2.45, 2.75) is 25.3 Å². The third-order valence-electron chi connectivity index (χ3n) is 3.77. The van der Waals surface area contributed by atoms with Crippen LogP contribution in [0.3, 0.4) is 0 Å². The fourth-order valence-corrected chi connectivity index (χ4v) is 2.65. The van der Waals surface area contributed by atoms with Gasteiger partial charge in [-0.25, -0.2) is 0 Å². The number of phenolic OH excluding ortho intramolecular Hbond substituents is 1. The number of aliphatic carboxylic acids is 1. The zero-order valence-electron chi connectivity index (χ0n) is 11.7. The van der Waals surface area contributed by atoms with E-state index >= 15 is 0 Å². The summed E-state index contributed by atoms with van der Waals surface area (Å²) >= 11 is 0. The Hall–Kier alpha value is -2.08. The van der Waals surface area contributed by atoms with Gasteiger partial charge in [0.05, 0.1) is 6.04 Å². The molecular formula is C15H20N2O4. The van der Waals surface area contributed by atoms with E-state index in [-0.39, 0.29) is 24.0 Å². The number of benzene rings is 1. The molecule has 1 fully saturated rings. The maximum atomic E-state index is 12.3. The first-order chi connectivity index (χ1) is 9.95. The van der Waals surface area contributed by atoms with Gasteiger partial charge < -0.3 is 20.8 Å². The van der Waals surface area contributed by atoms with E-state index in [1.807, 2.05) is 0 Å². The van der Waals surface area contributed by atoms with Crippen LogP contribution in [0.4, 0.5) is 0 Å². The molecule has 2 atom stereocenters. The third kappa shape index (κ3) is 4.19. The van der Waals surface area contributed by atoms with Crippen LogP contribution >= 0.6 is 0 Å². The van der Waals surface area contributed by atoms with Crippen molar-refractivity contribution in [3.05, 3.63) is 29.8 Å². The van der Waals surface area contributed by atoms with Crippen LogP contribution in [-0.4, -0.2) is 46.1 Å². The highest BCUT2D eigenvalue weighted by molar-refractivity contribution is 5.82. The van der Waals surface area contributed by atoms with Gasteiger partial charge in [0.15, 0.2) is 0 Å². The van der Waals surface area contributed by atoms with E-state index in [1.165, 1.54) is 0 Å². The summed E-state index contributed by atoms with van der Waals surface area (Å²) in [5, 5.41) is 18.0. The number of carboxylic acids is 1. The molecule has 1 unspecified atom stereocenters. The predicted octanol–water partition coefficient (Wildman–Crippen LogP) is 0.585. The van der Waals surface area contributed by atoms with Gasteiger partial charge in [-0.3, -0.25) is 9.59 Å². The van der Waals surface area contributed by atoms with Crippen molar-refractivity contribution in [2.75, 3.05) is 13.1 Å². The highest BCUT2D eigenvalue weighted by atomic mass is 16.4. The lowest BCUT2D eigenvalue weighted by molar-refractivity contribution is -0.138. The Balaban J connectivity index is 1.88. The standard InChI is InChI=1S/C15H20N2O4/c16-13(7-10-1-3-12(18)4-2-10)15(21)17-6-5-11(9-17)8-14(19)20/h1-4,11,13,18H,5-9,16H2,(H,19,20)/t11?,13-/m1/s1. The van der Waals surface area contributed by atoms with E-state index in [0.29, 0.717) is 25.9 Å². The number of carbonyl (C=O) groups is 2. The number of hydrogen-bond acceptors (Lipinski definition) is 4. The Morgan fingerprint density at radius 1 is 1.33 bits per heavy atom. The molecule has 4 N–H and O–H groups in total. The number of rotatable bonds is 5. The van der Waals surface area contributed by atoms with Crippen LogP contribution in [-0.2, 0) is 16.0 Å². The normalized spacial score (nSPS) is 19.5. The highest BCUT2D eigenvalue weighted by Crippen LogP contribution is 2.20. The zero-order chi connectivity index (χ0) is 15.4. The molecule has 2 rings (SSSR count). The highest BCUT2D eigenvalue weighted by Gasteiger charge is 2.30. The molecule has 1 saturated heterocycles. The summed E-state index contributed by atoms with van der Waals surface area (Å²) in [7, 11) is 0. The second kappa shape index (κ2) is 6.58. The Kier molecular flexibility index (Phi) is 4.80. The molecule has 1 aromatic rings. The van der Waals surface area contributed by atoms with E-state index in [9.17, 15) is 14.7 Å². The molecule has 0 radical (unpaired) electrons. The summed E-state index contributed by atoms with van der Waals surface area (Å²) in [5.41, 5.74) is 6.83. The molecule has 6 nitrogen and oxygen atoms in total. The number of hydrogen-bond donors (Lipinski definition) is 3. The van der Waals surface area contributed by atoms with Gasteiger partial charge in [-0.2, -0.15) is 0 Å². The van der Waals surface area contributed by atoms with Gasteiger partial charge in [-0.1, -0.05) is 12.1 Å². The topological polar surface area (TPSA) is 104 Å². The molecule has 1 aliphatic rings. The molecule has 1 heterocycles. The van der Waals surface area contributed by atoms with Crippen LogP contribution in [0.25, 0.3) is 0 Å². The minimum atomic E-state index is -0.831. The second-order valence-electron chi connectivity index (χ2n) is 5.51. The van der Waals surface area contributed by atoms with Gasteiger partial charge in [-0.05, 0) is 36.5 Å². The second-order valence-corrected chi connectivity index (χ2v) is 5.51. The summed E-state index contributed by atoms with van der Waals surface area (Å²) in [6.45, 7) is 1.04. The third-order valence-corrected chi connectivity index (χ3v) is 3.77. The Bertz CT molecular complexity index is 515. The average Bonchev–Trinajstić information content (AvgIpc) is 2.88. The molecule has 0 aliphatic carbocycles. The van der Waals surface area contributed by atoms with Crippen molar-refractivity contribution in [3.63, 3.8) is 0 Å². The number of nitrogens with two attached hydrogens (primary N) is 1. The fraction of sp³-hybridized carbons (Fsp3) is 0.467. The van der Waals surface area contributed by atoms with Crippen molar-refractivity contribution in [1.82, 2.24) is 4.90 Å². The minimum absolute atomic E-state index is 0.0207. The van der Waals surface area contributed by atoms with Gasteiger partial charge >= 0.3 is 5.97 Å². The molecule has 21 heavy (non-hydrogen) atoms. The molecule has 1 aliphatic heterocycles. The quantitative estimate of drug-likeness (QED) is 0.736. The molecule has 0 spiro atoms. The van der Waals surface area contributed by atoms with Crippen molar-refractivity contribution in [2.24, 2.45) is 11.7 Å². The largest absolute Gasteiger partial charge is 0.508 e. The van der Waals surface area contributed by atoms with Crippen LogP contribution in [0.5, 0.6) is 5.75 Å². The Labute approximate surface area is 123 Å². The molecule has 114 valence electrons. The van der Waals surface area contributed by atoms with E-state index in [2.05, 4.69) is 0 Å². The maximum absolute atomic E-state index is 12.3. The monoisotopic (exact) mass is 292 g/mol. The van der Waals surface area contributed by atoms with Crippen LogP contribution < -0.4 is 5.73 Å². The fourth-order valence-electron chi connectivity index (χ4n) is 2.65. The number of aromatic hydroxyl groups is 1. The van der Waals surface area contributed by atoms with E-state index in [1.54, 1.807) is 29.2 Å². The van der Waals surface area contributed by atoms with Crippen molar-refractivity contribution in [1.29, 1.82) is 0 Å². The van der Waals surface area contributed by atoms with E-state index in [0.717, 1.165) is 5.56 Å². The lowest BCUT2D eigenvalue weighted by Crippen LogP contribution is -2.44. The van der Waals surface area contributed by atoms with Crippen molar-refractivity contribution < 1.29 is 19.8 Å². The summed E-state index contributed by atoms with van der Waals surface area (Å²) < 4.78 is 0. The summed E-state index contributed by atoms with van der Waals surface area (Å²) in [5.74, 6) is -0.777. The van der Waals surface area contributed by atoms with Gasteiger partial charge in [0.25, 0.3) is 0 Å². The van der Waals surface area contributed by atoms with Crippen LogP contribution in [0, 0.1) is 5.92 Å². The number of amides is 1. The lowest BCUT2D eigenvalue weighted by atomic mass is 10.0.